The highest BCUT2D eigenvalue weighted by Gasteiger charge is 2.16. The zero-order valence-corrected chi connectivity index (χ0v) is 18.0. The number of amides is 2. The van der Waals surface area contributed by atoms with Gasteiger partial charge in [0.05, 0.1) is 4.92 Å². The Morgan fingerprint density at radius 2 is 1.68 bits per heavy atom. The van der Waals surface area contributed by atoms with E-state index in [0.717, 1.165) is 10.0 Å². The van der Waals surface area contributed by atoms with Gasteiger partial charge in [-0.15, -0.1) is 0 Å². The number of hydrogen-bond donors (Lipinski definition) is 2. The molecule has 0 atom stereocenters. The first-order valence-corrected chi connectivity index (χ1v) is 10.0. The van der Waals surface area contributed by atoms with E-state index in [0.29, 0.717) is 16.8 Å². The van der Waals surface area contributed by atoms with Crippen molar-refractivity contribution in [2.45, 2.75) is 6.92 Å². The third kappa shape index (κ3) is 6.10. The number of nitro benzene ring substituents is 1. The van der Waals surface area contributed by atoms with E-state index in [2.05, 4.69) is 26.6 Å². The monoisotopic (exact) mass is 479 g/mol. The molecule has 0 aliphatic carbocycles. The molecule has 0 heterocycles. The number of nitrogens with one attached hydrogen (secondary N) is 2. The maximum Gasteiger partial charge on any atom is 0.272 e. The molecule has 0 aliphatic heterocycles. The highest BCUT2D eigenvalue weighted by atomic mass is 79.9. The number of nitrogens with zero attached hydrogens (tertiary/aromatic N) is 1. The number of halogens is 1. The fourth-order valence-corrected chi connectivity index (χ4v) is 2.95. The molecule has 8 heteroatoms. The molecule has 3 rings (SSSR count). The largest absolute Gasteiger partial charge is 0.321 e. The second kappa shape index (κ2) is 9.82. The van der Waals surface area contributed by atoms with E-state index in [1.807, 2.05) is 19.1 Å². The van der Waals surface area contributed by atoms with Crippen LogP contribution in [-0.4, -0.2) is 16.7 Å². The Kier molecular flexibility index (Phi) is 6.94. The molecule has 0 aliphatic rings. The molecule has 0 bridgehead atoms. The van der Waals surface area contributed by atoms with Crippen LogP contribution < -0.4 is 10.6 Å². The van der Waals surface area contributed by atoms with E-state index in [1.165, 1.54) is 24.3 Å². The third-order valence-corrected chi connectivity index (χ3v) is 4.83. The van der Waals surface area contributed by atoms with E-state index >= 15 is 0 Å². The van der Waals surface area contributed by atoms with Crippen molar-refractivity contribution < 1.29 is 14.5 Å². The van der Waals surface area contributed by atoms with Crippen LogP contribution in [0.4, 0.5) is 11.4 Å². The van der Waals surface area contributed by atoms with E-state index in [-0.39, 0.29) is 11.4 Å². The van der Waals surface area contributed by atoms with Gasteiger partial charge in [-0.2, -0.15) is 0 Å². The van der Waals surface area contributed by atoms with Gasteiger partial charge in [-0.1, -0.05) is 45.8 Å². The molecule has 2 amide bonds. The van der Waals surface area contributed by atoms with Gasteiger partial charge in [0.25, 0.3) is 17.5 Å². The Bertz CT molecular complexity index is 1160. The molecule has 156 valence electrons. The molecule has 0 saturated heterocycles. The first-order chi connectivity index (χ1) is 14.8. The fourth-order valence-electron chi connectivity index (χ4n) is 2.68. The molecule has 0 spiro atoms. The van der Waals surface area contributed by atoms with Crippen molar-refractivity contribution in [3.63, 3.8) is 0 Å². The number of carbonyl (C=O) groups excluding carboxylic acids is 2. The van der Waals surface area contributed by atoms with Crippen molar-refractivity contribution >= 4 is 45.2 Å². The number of rotatable bonds is 6. The van der Waals surface area contributed by atoms with Crippen LogP contribution in [0, 0.1) is 17.0 Å². The maximum atomic E-state index is 12.9. The summed E-state index contributed by atoms with van der Waals surface area (Å²) in [6.07, 6.45) is 1.40. The summed E-state index contributed by atoms with van der Waals surface area (Å²) in [5, 5.41) is 16.4. The first-order valence-electron chi connectivity index (χ1n) is 9.23. The van der Waals surface area contributed by atoms with Crippen LogP contribution in [0.1, 0.15) is 21.5 Å². The quantitative estimate of drug-likeness (QED) is 0.292. The van der Waals surface area contributed by atoms with Crippen LogP contribution in [-0.2, 0) is 4.79 Å². The Balaban J connectivity index is 1.92. The molecule has 0 aromatic heterocycles. The van der Waals surface area contributed by atoms with Gasteiger partial charge in [0.2, 0.25) is 0 Å². The summed E-state index contributed by atoms with van der Waals surface area (Å²) in [6, 6.07) is 19.6. The summed E-state index contributed by atoms with van der Waals surface area (Å²) in [5.74, 6) is -1.04. The predicted octanol–water partition coefficient (Wildman–Crippen LogP) is 5.08. The Morgan fingerprint density at radius 3 is 2.32 bits per heavy atom. The van der Waals surface area contributed by atoms with Crippen molar-refractivity contribution in [1.29, 1.82) is 0 Å². The Morgan fingerprint density at radius 1 is 1.00 bits per heavy atom. The van der Waals surface area contributed by atoms with Crippen LogP contribution in [0.5, 0.6) is 0 Å². The maximum absolute atomic E-state index is 12.9. The average Bonchev–Trinajstić information content (AvgIpc) is 2.75. The lowest BCUT2D eigenvalue weighted by atomic mass is 10.1. The topological polar surface area (TPSA) is 101 Å². The first kappa shape index (κ1) is 21.9. The number of benzene rings is 3. The number of hydrogen-bond acceptors (Lipinski definition) is 4. The minimum absolute atomic E-state index is 0.0472. The summed E-state index contributed by atoms with van der Waals surface area (Å²) in [5.41, 5.74) is 2.18. The van der Waals surface area contributed by atoms with Crippen molar-refractivity contribution in [1.82, 2.24) is 5.32 Å². The predicted molar refractivity (Wildman–Crippen MR) is 122 cm³/mol. The lowest BCUT2D eigenvalue weighted by Crippen LogP contribution is -2.30. The van der Waals surface area contributed by atoms with Gasteiger partial charge >= 0.3 is 0 Å². The Hall–Kier alpha value is -3.78. The highest BCUT2D eigenvalue weighted by molar-refractivity contribution is 9.10. The Labute approximate surface area is 187 Å². The standard InChI is InChI=1S/C23H18BrN3O4/c1-15-5-11-19(12-6-15)25-23(29)21(14-16-3-2-4-20(13-16)27(30)31)26-22(28)17-7-9-18(24)10-8-17/h2-14H,1H3,(H,25,29)(H,26,28)/b21-14-. The summed E-state index contributed by atoms with van der Waals surface area (Å²) in [6.45, 7) is 1.93. The van der Waals surface area contributed by atoms with Crippen molar-refractivity contribution in [3.05, 3.63) is 110 Å². The molecule has 2 N–H and O–H groups in total. The summed E-state index contributed by atoms with van der Waals surface area (Å²) in [4.78, 5) is 36.1. The van der Waals surface area contributed by atoms with Gasteiger partial charge in [-0.25, -0.2) is 0 Å². The third-order valence-electron chi connectivity index (χ3n) is 4.30. The zero-order chi connectivity index (χ0) is 22.4. The van der Waals surface area contributed by atoms with Crippen LogP contribution in [0.25, 0.3) is 6.08 Å². The lowest BCUT2D eigenvalue weighted by molar-refractivity contribution is -0.384. The fraction of sp³-hybridized carbons (Fsp3) is 0.0435. The summed E-state index contributed by atoms with van der Waals surface area (Å²) >= 11 is 3.31. The molecular formula is C23H18BrN3O4. The van der Waals surface area contributed by atoms with Crippen LogP contribution in [0.2, 0.25) is 0 Å². The molecule has 3 aromatic carbocycles. The van der Waals surface area contributed by atoms with E-state index in [9.17, 15) is 19.7 Å². The van der Waals surface area contributed by atoms with E-state index < -0.39 is 16.7 Å². The summed E-state index contributed by atoms with van der Waals surface area (Å²) < 4.78 is 0.813. The number of aryl methyl sites for hydroxylation is 1. The van der Waals surface area contributed by atoms with Crippen molar-refractivity contribution in [2.24, 2.45) is 0 Å². The van der Waals surface area contributed by atoms with Gasteiger partial charge in [-0.3, -0.25) is 19.7 Å². The summed E-state index contributed by atoms with van der Waals surface area (Å²) in [7, 11) is 0. The highest BCUT2D eigenvalue weighted by Crippen LogP contribution is 2.17. The van der Waals surface area contributed by atoms with E-state index in [1.54, 1.807) is 42.5 Å². The van der Waals surface area contributed by atoms with Crippen LogP contribution in [0.3, 0.4) is 0 Å². The second-order valence-corrected chi connectivity index (χ2v) is 7.61. The zero-order valence-electron chi connectivity index (χ0n) is 16.5. The van der Waals surface area contributed by atoms with Crippen LogP contribution in [0.15, 0.2) is 83.0 Å². The minimum Gasteiger partial charge on any atom is -0.321 e. The van der Waals surface area contributed by atoms with Gasteiger partial charge < -0.3 is 10.6 Å². The van der Waals surface area contributed by atoms with Gasteiger partial charge in [0, 0.05) is 27.9 Å². The number of nitro groups is 1. The minimum atomic E-state index is -0.555. The van der Waals surface area contributed by atoms with Crippen molar-refractivity contribution in [2.75, 3.05) is 5.32 Å². The molecule has 31 heavy (non-hydrogen) atoms. The lowest BCUT2D eigenvalue weighted by Gasteiger charge is -2.12. The molecule has 3 aromatic rings. The van der Waals surface area contributed by atoms with Crippen molar-refractivity contribution in [3.8, 4) is 0 Å². The van der Waals surface area contributed by atoms with Gasteiger partial charge in [0.15, 0.2) is 0 Å². The normalized spacial score (nSPS) is 11.0. The number of carbonyl (C=O) groups is 2. The molecule has 0 radical (unpaired) electrons. The van der Waals surface area contributed by atoms with Gasteiger partial charge in [-0.05, 0) is 55.0 Å². The van der Waals surface area contributed by atoms with Crippen LogP contribution >= 0.6 is 15.9 Å². The second-order valence-electron chi connectivity index (χ2n) is 6.69. The molecule has 0 fully saturated rings. The molecule has 0 unspecified atom stereocenters. The molecule has 0 saturated carbocycles. The average molecular weight is 480 g/mol. The number of non-ortho nitro benzene ring substituents is 1. The smallest absolute Gasteiger partial charge is 0.272 e. The van der Waals surface area contributed by atoms with E-state index in [4.69, 9.17) is 0 Å². The SMILES string of the molecule is Cc1ccc(NC(=O)/C(=C/c2cccc([N+](=O)[O-])c2)NC(=O)c2ccc(Br)cc2)cc1. The van der Waals surface area contributed by atoms with Gasteiger partial charge in [0.1, 0.15) is 5.70 Å². The molecule has 7 nitrogen and oxygen atoms in total. The molecular weight excluding hydrogens is 462 g/mol. The number of anilines is 1.